The first-order chi connectivity index (χ1) is 6.22. The first-order valence-electron chi connectivity index (χ1n) is 5.66. The molecule has 1 aliphatic rings. The highest BCUT2D eigenvalue weighted by atomic mass is 15.2. The third-order valence-corrected chi connectivity index (χ3v) is 3.17. The van der Waals surface area contributed by atoms with Crippen molar-refractivity contribution in [2.24, 2.45) is 0 Å². The van der Waals surface area contributed by atoms with Gasteiger partial charge in [0.15, 0.2) is 0 Å². The topological polar surface area (TPSA) is 15.3 Å². The molecule has 0 aromatic carbocycles. The molecule has 1 unspecified atom stereocenters. The number of hydrogen-bond acceptors (Lipinski definition) is 2. The Balaban J connectivity index is 2.46. The van der Waals surface area contributed by atoms with E-state index in [1.54, 1.807) is 0 Å². The fourth-order valence-electron chi connectivity index (χ4n) is 2.40. The fourth-order valence-corrected chi connectivity index (χ4v) is 2.40. The van der Waals surface area contributed by atoms with Crippen LogP contribution in [0.2, 0.25) is 0 Å². The molecule has 0 aliphatic carbocycles. The lowest BCUT2D eigenvalue weighted by Crippen LogP contribution is -2.48. The van der Waals surface area contributed by atoms with Crippen LogP contribution < -0.4 is 5.32 Å². The first kappa shape index (κ1) is 11.0. The summed E-state index contributed by atoms with van der Waals surface area (Å²) in [4.78, 5) is 2.42. The molecule has 1 N–H and O–H groups in total. The molecule has 1 aliphatic heterocycles. The second-order valence-corrected chi connectivity index (χ2v) is 4.39. The maximum Gasteiger partial charge on any atom is 0.0309 e. The van der Waals surface area contributed by atoms with Gasteiger partial charge in [0.1, 0.15) is 0 Å². The molecular formula is C11H24N2. The van der Waals surface area contributed by atoms with E-state index in [0.717, 1.165) is 6.54 Å². The van der Waals surface area contributed by atoms with Gasteiger partial charge in [-0.05, 0) is 39.4 Å². The summed E-state index contributed by atoms with van der Waals surface area (Å²) in [5, 5.41) is 3.69. The van der Waals surface area contributed by atoms with Crippen LogP contribution in [-0.4, -0.2) is 37.1 Å². The van der Waals surface area contributed by atoms with Crippen molar-refractivity contribution in [3.63, 3.8) is 0 Å². The Hall–Kier alpha value is -0.0800. The van der Waals surface area contributed by atoms with E-state index in [4.69, 9.17) is 0 Å². The van der Waals surface area contributed by atoms with Gasteiger partial charge >= 0.3 is 0 Å². The Bertz CT molecular complexity index is 139. The van der Waals surface area contributed by atoms with Crippen molar-refractivity contribution in [1.29, 1.82) is 0 Å². The van der Waals surface area contributed by atoms with Crippen molar-refractivity contribution < 1.29 is 0 Å². The van der Waals surface area contributed by atoms with Crippen LogP contribution in [0.25, 0.3) is 0 Å². The quantitative estimate of drug-likeness (QED) is 0.701. The van der Waals surface area contributed by atoms with Crippen molar-refractivity contribution >= 4 is 0 Å². The van der Waals surface area contributed by atoms with Crippen LogP contribution in [0.5, 0.6) is 0 Å². The van der Waals surface area contributed by atoms with Gasteiger partial charge in [0.25, 0.3) is 0 Å². The van der Waals surface area contributed by atoms with Gasteiger partial charge in [-0.3, -0.25) is 0 Å². The van der Waals surface area contributed by atoms with Crippen LogP contribution in [0.15, 0.2) is 0 Å². The Morgan fingerprint density at radius 3 is 2.62 bits per heavy atom. The average Bonchev–Trinajstić information content (AvgIpc) is 2.54. The molecule has 78 valence electrons. The van der Waals surface area contributed by atoms with Gasteiger partial charge < -0.3 is 10.2 Å². The zero-order chi connectivity index (χ0) is 9.73. The molecule has 0 bridgehead atoms. The largest absolute Gasteiger partial charge is 0.310 e. The Morgan fingerprint density at radius 2 is 2.15 bits per heavy atom. The minimum absolute atomic E-state index is 0.444. The van der Waals surface area contributed by atoms with Gasteiger partial charge in [-0.2, -0.15) is 0 Å². The lowest BCUT2D eigenvalue weighted by molar-refractivity contribution is 0.220. The molecule has 0 amide bonds. The second-order valence-electron chi connectivity index (χ2n) is 4.39. The molecule has 1 fully saturated rings. The molecule has 1 heterocycles. The van der Waals surface area contributed by atoms with E-state index < -0.39 is 0 Å². The summed E-state index contributed by atoms with van der Waals surface area (Å²) in [5.41, 5.74) is 0.444. The highest BCUT2D eigenvalue weighted by molar-refractivity contribution is 4.94. The number of rotatable bonds is 5. The smallest absolute Gasteiger partial charge is 0.0309 e. The summed E-state index contributed by atoms with van der Waals surface area (Å²) in [6.45, 7) is 8.12. The van der Waals surface area contributed by atoms with E-state index >= 15 is 0 Å². The van der Waals surface area contributed by atoms with Crippen molar-refractivity contribution in [3.05, 3.63) is 0 Å². The highest BCUT2D eigenvalue weighted by Gasteiger charge is 2.32. The number of nitrogens with one attached hydrogen (secondary N) is 1. The van der Waals surface area contributed by atoms with Crippen molar-refractivity contribution in [2.45, 2.75) is 45.1 Å². The van der Waals surface area contributed by atoms with Gasteiger partial charge in [-0.25, -0.2) is 0 Å². The van der Waals surface area contributed by atoms with Crippen LogP contribution in [0.3, 0.4) is 0 Å². The van der Waals surface area contributed by atoms with E-state index in [1.165, 1.54) is 38.8 Å². The standard InChI is InChI=1S/C11H24N2/c1-4-7-11(8-6-9-12-11)10-13(3)5-2/h12H,4-10H2,1-3H3. The maximum atomic E-state index is 3.69. The fraction of sp³-hybridized carbons (Fsp3) is 1.00. The lowest BCUT2D eigenvalue weighted by Gasteiger charge is -2.33. The number of hydrogen-bond donors (Lipinski definition) is 1. The normalized spacial score (nSPS) is 28.6. The Kier molecular flexibility index (Phi) is 4.20. The number of likely N-dealkylation sites (N-methyl/N-ethyl adjacent to an activating group) is 1. The van der Waals surface area contributed by atoms with E-state index in [2.05, 4.69) is 31.1 Å². The van der Waals surface area contributed by atoms with Gasteiger partial charge in [-0.1, -0.05) is 20.3 Å². The molecule has 0 spiro atoms. The van der Waals surface area contributed by atoms with Gasteiger partial charge in [0, 0.05) is 12.1 Å². The predicted molar refractivity (Wildman–Crippen MR) is 58.0 cm³/mol. The summed E-state index contributed by atoms with van der Waals surface area (Å²) in [6.07, 6.45) is 5.35. The Morgan fingerprint density at radius 1 is 1.38 bits per heavy atom. The molecule has 1 rings (SSSR count). The van der Waals surface area contributed by atoms with Crippen molar-refractivity contribution in [3.8, 4) is 0 Å². The van der Waals surface area contributed by atoms with Crippen LogP contribution in [0.1, 0.15) is 39.5 Å². The summed E-state index contributed by atoms with van der Waals surface area (Å²) < 4.78 is 0. The summed E-state index contributed by atoms with van der Waals surface area (Å²) in [5.74, 6) is 0. The number of nitrogens with zero attached hydrogens (tertiary/aromatic N) is 1. The van der Waals surface area contributed by atoms with Gasteiger partial charge in [0.2, 0.25) is 0 Å². The average molecular weight is 184 g/mol. The zero-order valence-electron chi connectivity index (χ0n) is 9.40. The van der Waals surface area contributed by atoms with E-state index in [0.29, 0.717) is 5.54 Å². The molecule has 0 aromatic heterocycles. The Labute approximate surface area is 82.7 Å². The molecule has 2 heteroatoms. The molecule has 1 saturated heterocycles. The van der Waals surface area contributed by atoms with Crippen LogP contribution in [-0.2, 0) is 0 Å². The summed E-state index contributed by atoms with van der Waals surface area (Å²) in [6, 6.07) is 0. The summed E-state index contributed by atoms with van der Waals surface area (Å²) >= 11 is 0. The SMILES string of the molecule is CCCC1(CN(C)CC)CCCN1. The molecule has 0 radical (unpaired) electrons. The zero-order valence-corrected chi connectivity index (χ0v) is 9.40. The van der Waals surface area contributed by atoms with Crippen molar-refractivity contribution in [2.75, 3.05) is 26.7 Å². The molecule has 13 heavy (non-hydrogen) atoms. The van der Waals surface area contributed by atoms with E-state index in [1.807, 2.05) is 0 Å². The molecule has 0 saturated carbocycles. The molecule has 2 nitrogen and oxygen atoms in total. The van der Waals surface area contributed by atoms with Crippen molar-refractivity contribution in [1.82, 2.24) is 10.2 Å². The minimum Gasteiger partial charge on any atom is -0.310 e. The summed E-state index contributed by atoms with van der Waals surface area (Å²) in [7, 11) is 2.22. The molecular weight excluding hydrogens is 160 g/mol. The highest BCUT2D eigenvalue weighted by Crippen LogP contribution is 2.25. The second kappa shape index (κ2) is 4.97. The van der Waals surface area contributed by atoms with Crippen LogP contribution >= 0.6 is 0 Å². The monoisotopic (exact) mass is 184 g/mol. The first-order valence-corrected chi connectivity index (χ1v) is 5.66. The van der Waals surface area contributed by atoms with Gasteiger partial charge in [-0.15, -0.1) is 0 Å². The van der Waals surface area contributed by atoms with Crippen LogP contribution in [0.4, 0.5) is 0 Å². The molecule has 0 aromatic rings. The maximum absolute atomic E-state index is 3.69. The molecule has 1 atom stereocenters. The third kappa shape index (κ3) is 2.96. The predicted octanol–water partition coefficient (Wildman–Crippen LogP) is 1.86. The minimum atomic E-state index is 0.444. The van der Waals surface area contributed by atoms with Gasteiger partial charge in [0.05, 0.1) is 0 Å². The lowest BCUT2D eigenvalue weighted by atomic mass is 9.91. The third-order valence-electron chi connectivity index (χ3n) is 3.17. The van der Waals surface area contributed by atoms with E-state index in [9.17, 15) is 0 Å². The van der Waals surface area contributed by atoms with E-state index in [-0.39, 0.29) is 0 Å². The van der Waals surface area contributed by atoms with Crippen LogP contribution in [0, 0.1) is 0 Å².